The SMILES string of the molecule is CCCC1(O)CN(S(=O)(=O)c2c(Cl)cc(N)cc2Cl)C1. The van der Waals surface area contributed by atoms with E-state index in [9.17, 15) is 13.5 Å². The highest BCUT2D eigenvalue weighted by Gasteiger charge is 2.47. The molecule has 0 unspecified atom stereocenters. The van der Waals surface area contributed by atoms with Crippen LogP contribution in [0.3, 0.4) is 0 Å². The highest BCUT2D eigenvalue weighted by atomic mass is 35.5. The first-order chi connectivity index (χ1) is 9.19. The van der Waals surface area contributed by atoms with Crippen LogP contribution in [0.25, 0.3) is 0 Å². The molecule has 0 spiro atoms. The standard InChI is InChI=1S/C12H16Cl2N2O3S/c1-2-3-12(17)6-16(7-12)20(18,19)11-9(13)4-8(15)5-10(11)14/h4-5,17H,2-3,6-7,15H2,1H3. The van der Waals surface area contributed by atoms with E-state index in [2.05, 4.69) is 0 Å². The molecule has 0 saturated carbocycles. The zero-order valence-electron chi connectivity index (χ0n) is 10.9. The largest absolute Gasteiger partial charge is 0.399 e. The quantitative estimate of drug-likeness (QED) is 0.823. The van der Waals surface area contributed by atoms with Crippen molar-refractivity contribution in [1.29, 1.82) is 0 Å². The molecule has 2 rings (SSSR count). The van der Waals surface area contributed by atoms with Gasteiger partial charge < -0.3 is 10.8 Å². The second kappa shape index (κ2) is 5.35. The molecule has 20 heavy (non-hydrogen) atoms. The van der Waals surface area contributed by atoms with E-state index < -0.39 is 15.6 Å². The first-order valence-corrected chi connectivity index (χ1v) is 8.36. The van der Waals surface area contributed by atoms with Gasteiger partial charge >= 0.3 is 0 Å². The van der Waals surface area contributed by atoms with E-state index in [-0.39, 0.29) is 28.0 Å². The minimum Gasteiger partial charge on any atom is -0.399 e. The summed E-state index contributed by atoms with van der Waals surface area (Å²) in [6.07, 6.45) is 1.34. The lowest BCUT2D eigenvalue weighted by atomic mass is 9.92. The fourth-order valence-electron chi connectivity index (χ4n) is 2.36. The minimum absolute atomic E-state index is 0.0130. The van der Waals surface area contributed by atoms with Crippen LogP contribution in [0.5, 0.6) is 0 Å². The van der Waals surface area contributed by atoms with Gasteiger partial charge in [-0.15, -0.1) is 0 Å². The van der Waals surface area contributed by atoms with E-state index in [1.165, 1.54) is 16.4 Å². The number of anilines is 1. The first-order valence-electron chi connectivity index (χ1n) is 6.17. The Morgan fingerprint density at radius 2 is 1.85 bits per heavy atom. The van der Waals surface area contributed by atoms with Crippen LogP contribution in [0.2, 0.25) is 10.0 Å². The Morgan fingerprint density at radius 1 is 1.35 bits per heavy atom. The number of benzene rings is 1. The van der Waals surface area contributed by atoms with Crippen LogP contribution < -0.4 is 5.73 Å². The Morgan fingerprint density at radius 3 is 2.30 bits per heavy atom. The van der Waals surface area contributed by atoms with E-state index in [0.717, 1.165) is 6.42 Å². The molecule has 1 saturated heterocycles. The van der Waals surface area contributed by atoms with Crippen LogP contribution in [0.15, 0.2) is 17.0 Å². The van der Waals surface area contributed by atoms with Crippen molar-refractivity contribution in [2.45, 2.75) is 30.3 Å². The molecule has 0 aromatic heterocycles. The van der Waals surface area contributed by atoms with Crippen molar-refractivity contribution in [1.82, 2.24) is 4.31 Å². The smallest absolute Gasteiger partial charge is 0.246 e. The normalized spacial score (nSPS) is 18.8. The van der Waals surface area contributed by atoms with E-state index >= 15 is 0 Å². The average molecular weight is 339 g/mol. The van der Waals surface area contributed by atoms with Gasteiger partial charge in [0, 0.05) is 18.8 Å². The van der Waals surface area contributed by atoms with Crippen LogP contribution in [-0.4, -0.2) is 36.5 Å². The van der Waals surface area contributed by atoms with Gasteiger partial charge in [0.2, 0.25) is 10.0 Å². The molecule has 1 aliphatic rings. The lowest BCUT2D eigenvalue weighted by molar-refractivity contribution is -0.0653. The molecule has 0 atom stereocenters. The van der Waals surface area contributed by atoms with E-state index in [1.807, 2.05) is 6.92 Å². The second-order valence-electron chi connectivity index (χ2n) is 5.06. The van der Waals surface area contributed by atoms with Crippen LogP contribution in [-0.2, 0) is 10.0 Å². The van der Waals surface area contributed by atoms with Gasteiger partial charge in [0.05, 0.1) is 15.6 Å². The number of sulfonamides is 1. The maximum atomic E-state index is 12.5. The number of aliphatic hydroxyl groups is 1. The Bertz CT molecular complexity index is 605. The highest BCUT2D eigenvalue weighted by Crippen LogP contribution is 2.38. The van der Waals surface area contributed by atoms with Gasteiger partial charge in [-0.25, -0.2) is 8.42 Å². The summed E-state index contributed by atoms with van der Waals surface area (Å²) in [6.45, 7) is 2.04. The lowest BCUT2D eigenvalue weighted by Gasteiger charge is -2.45. The summed E-state index contributed by atoms with van der Waals surface area (Å²) in [5.74, 6) is 0. The Labute approximate surface area is 128 Å². The van der Waals surface area contributed by atoms with E-state index in [0.29, 0.717) is 12.1 Å². The number of rotatable bonds is 4. The van der Waals surface area contributed by atoms with Crippen molar-refractivity contribution >= 4 is 38.9 Å². The van der Waals surface area contributed by atoms with Crippen molar-refractivity contribution in [3.63, 3.8) is 0 Å². The van der Waals surface area contributed by atoms with Crippen molar-refractivity contribution in [2.24, 2.45) is 0 Å². The molecule has 0 radical (unpaired) electrons. The molecule has 1 heterocycles. The third-order valence-electron chi connectivity index (χ3n) is 3.28. The Balaban J connectivity index is 2.30. The number of β-amino-alcohol motifs (C(OH)–C–C–N with tert-alkyl or cyclic N) is 1. The molecule has 0 bridgehead atoms. The molecule has 1 aliphatic heterocycles. The van der Waals surface area contributed by atoms with Crippen molar-refractivity contribution in [3.05, 3.63) is 22.2 Å². The third-order valence-corrected chi connectivity index (χ3v) is 5.99. The van der Waals surface area contributed by atoms with Crippen LogP contribution in [0.1, 0.15) is 19.8 Å². The second-order valence-corrected chi connectivity index (χ2v) is 7.75. The van der Waals surface area contributed by atoms with Gasteiger partial charge in [0.25, 0.3) is 0 Å². The number of nitrogen functional groups attached to an aromatic ring is 1. The van der Waals surface area contributed by atoms with Gasteiger partial charge in [-0.3, -0.25) is 0 Å². The Kier molecular flexibility index (Phi) is 4.24. The fraction of sp³-hybridized carbons (Fsp3) is 0.500. The molecular weight excluding hydrogens is 323 g/mol. The summed E-state index contributed by atoms with van der Waals surface area (Å²) in [7, 11) is -3.82. The van der Waals surface area contributed by atoms with Crippen molar-refractivity contribution in [3.8, 4) is 0 Å². The van der Waals surface area contributed by atoms with Gasteiger partial charge in [-0.1, -0.05) is 36.5 Å². The minimum atomic E-state index is -3.82. The van der Waals surface area contributed by atoms with E-state index in [1.54, 1.807) is 0 Å². The van der Waals surface area contributed by atoms with Gasteiger partial charge in [0.15, 0.2) is 0 Å². The van der Waals surface area contributed by atoms with E-state index in [4.69, 9.17) is 28.9 Å². The zero-order chi connectivity index (χ0) is 15.1. The van der Waals surface area contributed by atoms with Gasteiger partial charge in [-0.05, 0) is 18.6 Å². The average Bonchev–Trinajstić information content (AvgIpc) is 2.23. The number of nitrogens with two attached hydrogens (primary N) is 1. The number of hydrogen-bond acceptors (Lipinski definition) is 4. The van der Waals surface area contributed by atoms with Crippen molar-refractivity contribution < 1.29 is 13.5 Å². The maximum absolute atomic E-state index is 12.5. The lowest BCUT2D eigenvalue weighted by Crippen LogP contribution is -2.63. The summed E-state index contributed by atoms with van der Waals surface area (Å²) in [5, 5.41) is 10.1. The molecular formula is C12H16Cl2N2O3S. The van der Waals surface area contributed by atoms with Crippen LogP contribution in [0, 0.1) is 0 Å². The molecule has 1 aromatic rings. The zero-order valence-corrected chi connectivity index (χ0v) is 13.3. The molecule has 1 aromatic carbocycles. The summed E-state index contributed by atoms with van der Waals surface area (Å²) >= 11 is 11.9. The fourth-order valence-corrected chi connectivity index (χ4v) is 5.14. The summed E-state index contributed by atoms with van der Waals surface area (Å²) in [5.41, 5.74) is 4.91. The number of hydrogen-bond donors (Lipinski definition) is 2. The molecule has 112 valence electrons. The first kappa shape index (κ1) is 15.9. The third kappa shape index (κ3) is 2.76. The molecule has 0 amide bonds. The number of halogens is 2. The monoisotopic (exact) mass is 338 g/mol. The van der Waals surface area contributed by atoms with Gasteiger partial charge in [-0.2, -0.15) is 4.31 Å². The Hall–Kier alpha value is -0.530. The molecule has 8 heteroatoms. The number of nitrogens with zero attached hydrogens (tertiary/aromatic N) is 1. The molecule has 1 fully saturated rings. The highest BCUT2D eigenvalue weighted by molar-refractivity contribution is 7.89. The van der Waals surface area contributed by atoms with Crippen LogP contribution >= 0.6 is 23.2 Å². The predicted molar refractivity (Wildman–Crippen MR) is 79.5 cm³/mol. The molecule has 0 aliphatic carbocycles. The summed E-state index contributed by atoms with van der Waals surface area (Å²) in [6, 6.07) is 2.69. The summed E-state index contributed by atoms with van der Waals surface area (Å²) in [4.78, 5) is -0.159. The topological polar surface area (TPSA) is 83.6 Å². The maximum Gasteiger partial charge on any atom is 0.246 e. The predicted octanol–water partition coefficient (Wildman–Crippen LogP) is 2.11. The molecule has 5 nitrogen and oxygen atoms in total. The van der Waals surface area contributed by atoms with Gasteiger partial charge in [0.1, 0.15) is 4.90 Å². The van der Waals surface area contributed by atoms with Crippen molar-refractivity contribution in [2.75, 3.05) is 18.8 Å². The molecule has 3 N–H and O–H groups in total. The van der Waals surface area contributed by atoms with Crippen LogP contribution in [0.4, 0.5) is 5.69 Å². The summed E-state index contributed by atoms with van der Waals surface area (Å²) < 4.78 is 26.1.